The van der Waals surface area contributed by atoms with Crippen LogP contribution in [0.2, 0.25) is 0 Å². The van der Waals surface area contributed by atoms with E-state index < -0.39 is 42.0 Å². The molecule has 2 aliphatic rings. The van der Waals surface area contributed by atoms with Gasteiger partial charge in [-0.3, -0.25) is 9.10 Å². The molecule has 2 aliphatic heterocycles. The summed E-state index contributed by atoms with van der Waals surface area (Å²) in [6, 6.07) is 4.83. The van der Waals surface area contributed by atoms with Crippen LogP contribution in [0.3, 0.4) is 0 Å². The lowest BCUT2D eigenvalue weighted by atomic mass is 10.1. The molecule has 0 saturated heterocycles. The predicted octanol–water partition coefficient (Wildman–Crippen LogP) is 3.08. The number of ether oxygens (including phenoxy) is 1. The first-order valence-electron chi connectivity index (χ1n) is 8.27. The Kier molecular flexibility index (Phi) is 4.71. The van der Waals surface area contributed by atoms with Gasteiger partial charge in [-0.2, -0.15) is 5.26 Å². The Hall–Kier alpha value is -3.39. The molecule has 0 bridgehead atoms. The molecule has 3 amide bonds. The van der Waals surface area contributed by atoms with Crippen LogP contribution in [0.4, 0.5) is 23.7 Å². The van der Waals surface area contributed by atoms with Crippen molar-refractivity contribution >= 4 is 29.6 Å². The van der Waals surface area contributed by atoms with E-state index in [9.17, 15) is 22.8 Å². The minimum absolute atomic E-state index is 0.0467. The maximum atomic E-state index is 14.3. The Balaban J connectivity index is 1.47. The first-order chi connectivity index (χ1) is 13.9. The van der Waals surface area contributed by atoms with Crippen molar-refractivity contribution in [2.24, 2.45) is 0 Å². The quantitative estimate of drug-likeness (QED) is 0.745. The second-order valence-electron chi connectivity index (χ2n) is 6.21. The van der Waals surface area contributed by atoms with E-state index in [4.69, 9.17) is 10.00 Å². The van der Waals surface area contributed by atoms with Crippen LogP contribution < -0.4 is 15.4 Å². The third kappa shape index (κ3) is 3.42. The number of urea groups is 1. The molecular weight excluding hydrogens is 409 g/mol. The fourth-order valence-corrected chi connectivity index (χ4v) is 3.93. The highest BCUT2D eigenvalue weighted by Gasteiger charge is 2.33. The molecule has 0 fully saturated rings. The highest BCUT2D eigenvalue weighted by molar-refractivity contribution is 7.97. The standard InChI is InChI=1S/C18H11F3N4O3S/c19-9-1-2-11-17(16(9)21)29-25(18(27)24-11)6-14(26)23-12-7-28-13-4-8(5-22)3-10(20)15(12)13/h1-4,12H,6-7H2,(H,23,26)(H,24,27). The van der Waals surface area contributed by atoms with Crippen molar-refractivity contribution in [3.05, 3.63) is 52.8 Å². The van der Waals surface area contributed by atoms with Gasteiger partial charge in [-0.15, -0.1) is 0 Å². The van der Waals surface area contributed by atoms with Crippen LogP contribution in [-0.4, -0.2) is 29.4 Å². The Morgan fingerprint density at radius 3 is 2.90 bits per heavy atom. The van der Waals surface area contributed by atoms with Crippen molar-refractivity contribution in [2.45, 2.75) is 10.9 Å². The fraction of sp³-hybridized carbons (Fsp3) is 0.167. The lowest BCUT2D eigenvalue weighted by molar-refractivity contribution is -0.121. The third-order valence-electron chi connectivity index (χ3n) is 4.32. The fourth-order valence-electron chi connectivity index (χ4n) is 3.01. The summed E-state index contributed by atoms with van der Waals surface area (Å²) in [5.41, 5.74) is 0.290. The minimum Gasteiger partial charge on any atom is -0.491 e. The molecule has 0 aliphatic carbocycles. The summed E-state index contributed by atoms with van der Waals surface area (Å²) >= 11 is 0.590. The number of amides is 3. The number of benzene rings is 2. The van der Waals surface area contributed by atoms with Crippen molar-refractivity contribution in [3.63, 3.8) is 0 Å². The minimum atomic E-state index is -1.13. The third-order valence-corrected chi connectivity index (χ3v) is 5.41. The zero-order valence-corrected chi connectivity index (χ0v) is 15.3. The Morgan fingerprint density at radius 1 is 1.34 bits per heavy atom. The second kappa shape index (κ2) is 7.21. The number of hydrogen-bond donors (Lipinski definition) is 2. The molecular formula is C18H11F3N4O3S. The Morgan fingerprint density at radius 2 is 2.14 bits per heavy atom. The van der Waals surface area contributed by atoms with Crippen molar-refractivity contribution in [2.75, 3.05) is 18.5 Å². The molecule has 2 aromatic rings. The molecule has 0 saturated carbocycles. The van der Waals surface area contributed by atoms with Crippen LogP contribution in [0, 0.1) is 28.8 Å². The van der Waals surface area contributed by atoms with Gasteiger partial charge in [0.25, 0.3) is 0 Å². The number of anilines is 1. The van der Waals surface area contributed by atoms with E-state index in [2.05, 4.69) is 10.6 Å². The highest BCUT2D eigenvalue weighted by Crippen LogP contribution is 2.38. The van der Waals surface area contributed by atoms with Crippen LogP contribution >= 0.6 is 11.9 Å². The SMILES string of the molecule is N#Cc1cc(F)c2c(c1)OCC2NC(=O)CN1Sc2c(ccc(F)c2F)NC1=O. The van der Waals surface area contributed by atoms with Gasteiger partial charge in [0.2, 0.25) is 5.91 Å². The largest absolute Gasteiger partial charge is 0.491 e. The van der Waals surface area contributed by atoms with E-state index in [0.29, 0.717) is 11.9 Å². The molecule has 11 heteroatoms. The molecule has 7 nitrogen and oxygen atoms in total. The van der Waals surface area contributed by atoms with Crippen molar-refractivity contribution < 1.29 is 27.5 Å². The predicted molar refractivity (Wildman–Crippen MR) is 95.4 cm³/mol. The number of hydrogen-bond acceptors (Lipinski definition) is 5. The van der Waals surface area contributed by atoms with Crippen molar-refractivity contribution in [1.29, 1.82) is 5.26 Å². The molecule has 1 unspecified atom stereocenters. The van der Waals surface area contributed by atoms with Gasteiger partial charge in [-0.05, 0) is 36.2 Å². The number of nitrogens with zero attached hydrogens (tertiary/aromatic N) is 2. The van der Waals surface area contributed by atoms with Gasteiger partial charge >= 0.3 is 6.03 Å². The number of nitriles is 1. The maximum absolute atomic E-state index is 14.3. The summed E-state index contributed by atoms with van der Waals surface area (Å²) in [5, 5.41) is 13.8. The molecule has 148 valence electrons. The van der Waals surface area contributed by atoms with E-state index >= 15 is 0 Å². The topological polar surface area (TPSA) is 94.5 Å². The summed E-state index contributed by atoms with van der Waals surface area (Å²) in [6.45, 7) is -0.537. The summed E-state index contributed by atoms with van der Waals surface area (Å²) in [4.78, 5) is 24.4. The summed E-state index contributed by atoms with van der Waals surface area (Å²) in [6.07, 6.45) is 0. The summed E-state index contributed by atoms with van der Waals surface area (Å²) in [7, 11) is 0. The van der Waals surface area contributed by atoms with Gasteiger partial charge in [0, 0.05) is 0 Å². The van der Waals surface area contributed by atoms with Crippen LogP contribution in [0.25, 0.3) is 0 Å². The van der Waals surface area contributed by atoms with Crippen LogP contribution in [0.5, 0.6) is 5.75 Å². The smallest absolute Gasteiger partial charge is 0.332 e. The Labute approximate surface area is 166 Å². The summed E-state index contributed by atoms with van der Waals surface area (Å²) < 4.78 is 47.9. The van der Waals surface area contributed by atoms with Crippen LogP contribution in [-0.2, 0) is 4.79 Å². The molecule has 1 atom stereocenters. The van der Waals surface area contributed by atoms with Crippen molar-refractivity contribution in [1.82, 2.24) is 9.62 Å². The number of rotatable bonds is 3. The molecule has 0 radical (unpaired) electrons. The van der Waals surface area contributed by atoms with Gasteiger partial charge in [-0.25, -0.2) is 18.0 Å². The molecule has 0 spiro atoms. The van der Waals surface area contributed by atoms with E-state index in [0.717, 1.165) is 16.4 Å². The number of fused-ring (bicyclic) bond motifs is 2. The first kappa shape index (κ1) is 18.9. The van der Waals surface area contributed by atoms with Gasteiger partial charge in [-0.1, -0.05) is 0 Å². The van der Waals surface area contributed by atoms with Gasteiger partial charge in [0.1, 0.15) is 24.7 Å². The highest BCUT2D eigenvalue weighted by atomic mass is 32.2. The van der Waals surface area contributed by atoms with E-state index in [-0.39, 0.29) is 34.1 Å². The first-order valence-corrected chi connectivity index (χ1v) is 9.05. The number of halogens is 3. The van der Waals surface area contributed by atoms with Crippen molar-refractivity contribution in [3.8, 4) is 11.8 Å². The maximum Gasteiger partial charge on any atom is 0.332 e. The molecule has 2 aromatic carbocycles. The van der Waals surface area contributed by atoms with Gasteiger partial charge < -0.3 is 15.4 Å². The number of nitrogens with one attached hydrogen (secondary N) is 2. The van der Waals surface area contributed by atoms with Gasteiger partial charge in [0.15, 0.2) is 11.6 Å². The lowest BCUT2D eigenvalue weighted by Gasteiger charge is -2.28. The molecule has 2 N–H and O–H groups in total. The molecule has 29 heavy (non-hydrogen) atoms. The van der Waals surface area contributed by atoms with Crippen LogP contribution in [0.1, 0.15) is 17.2 Å². The molecule has 0 aromatic heterocycles. The number of carbonyl (C=O) groups is 2. The average Bonchev–Trinajstić information content (AvgIpc) is 3.09. The summed E-state index contributed by atoms with van der Waals surface area (Å²) in [5.74, 6) is -3.41. The Bertz CT molecular complexity index is 1090. The number of carbonyl (C=O) groups excluding carboxylic acids is 2. The van der Waals surface area contributed by atoms with E-state index in [1.165, 1.54) is 12.1 Å². The molecule has 4 rings (SSSR count). The normalized spacial score (nSPS) is 17.0. The zero-order valence-electron chi connectivity index (χ0n) is 14.5. The molecule has 2 heterocycles. The average molecular weight is 420 g/mol. The second-order valence-corrected chi connectivity index (χ2v) is 7.24. The lowest BCUT2D eigenvalue weighted by Crippen LogP contribution is -2.42. The van der Waals surface area contributed by atoms with Gasteiger partial charge in [0.05, 0.1) is 33.8 Å². The zero-order chi connectivity index (χ0) is 20.7. The van der Waals surface area contributed by atoms with E-state index in [1.807, 2.05) is 6.07 Å². The van der Waals surface area contributed by atoms with Crippen LogP contribution in [0.15, 0.2) is 29.2 Å². The van der Waals surface area contributed by atoms with E-state index in [1.54, 1.807) is 0 Å². The monoisotopic (exact) mass is 420 g/mol.